The van der Waals surface area contributed by atoms with Crippen molar-refractivity contribution < 1.29 is 28.7 Å². The number of likely N-dealkylation sites (tertiary alicyclic amines) is 1. The summed E-state index contributed by atoms with van der Waals surface area (Å²) in [4.78, 5) is 53.0. The number of hydrogen-bond acceptors (Lipinski definition) is 6. The van der Waals surface area contributed by atoms with Crippen LogP contribution in [-0.2, 0) is 23.9 Å². The van der Waals surface area contributed by atoms with Gasteiger partial charge in [-0.15, -0.1) is 6.58 Å². The number of nitrogens with zero attached hydrogens (tertiary/aromatic N) is 1. The monoisotopic (exact) mass is 463 g/mol. The van der Waals surface area contributed by atoms with E-state index in [1.54, 1.807) is 6.08 Å². The van der Waals surface area contributed by atoms with Gasteiger partial charge in [-0.1, -0.05) is 26.8 Å². The number of hydrogen-bond donors (Lipinski definition) is 2. The summed E-state index contributed by atoms with van der Waals surface area (Å²) in [5.41, 5.74) is -1.70. The molecule has 3 fully saturated rings. The van der Waals surface area contributed by atoms with Crippen LogP contribution in [0.3, 0.4) is 0 Å². The molecule has 3 rings (SSSR count). The van der Waals surface area contributed by atoms with Crippen molar-refractivity contribution in [1.82, 2.24) is 15.5 Å². The summed E-state index contributed by atoms with van der Waals surface area (Å²) in [5.74, 6) is -1.43. The lowest BCUT2D eigenvalue weighted by molar-refractivity contribution is -0.148. The number of esters is 1. The third-order valence-electron chi connectivity index (χ3n) is 6.98. The van der Waals surface area contributed by atoms with Gasteiger partial charge in [0.05, 0.1) is 7.11 Å². The molecular formula is C24H37N3O6. The van der Waals surface area contributed by atoms with Crippen molar-refractivity contribution in [2.24, 2.45) is 11.3 Å². The second kappa shape index (κ2) is 9.73. The fourth-order valence-electron chi connectivity index (χ4n) is 4.91. The molecule has 2 aliphatic carbocycles. The molecular weight excluding hydrogens is 426 g/mol. The van der Waals surface area contributed by atoms with Gasteiger partial charge in [-0.25, -0.2) is 9.59 Å². The van der Waals surface area contributed by atoms with Crippen LogP contribution in [-0.4, -0.2) is 66.2 Å². The molecule has 3 aliphatic rings. The summed E-state index contributed by atoms with van der Waals surface area (Å²) in [7, 11) is 1.28. The van der Waals surface area contributed by atoms with Gasteiger partial charge >= 0.3 is 12.1 Å². The Hall–Kier alpha value is -2.58. The van der Waals surface area contributed by atoms with Gasteiger partial charge in [-0.05, 0) is 50.4 Å². The van der Waals surface area contributed by atoms with Crippen LogP contribution >= 0.6 is 0 Å². The van der Waals surface area contributed by atoms with Crippen LogP contribution in [0.4, 0.5) is 4.79 Å². The quantitative estimate of drug-likeness (QED) is 0.442. The Morgan fingerprint density at radius 1 is 1.12 bits per heavy atom. The molecule has 9 heteroatoms. The lowest BCUT2D eigenvalue weighted by Gasteiger charge is -2.35. The van der Waals surface area contributed by atoms with Crippen LogP contribution in [0.5, 0.6) is 0 Å². The normalized spacial score (nSPS) is 28.1. The summed E-state index contributed by atoms with van der Waals surface area (Å²) in [5, 5.41) is 5.57. The van der Waals surface area contributed by atoms with Crippen molar-refractivity contribution in [2.45, 2.75) is 89.4 Å². The Morgan fingerprint density at radius 2 is 1.79 bits per heavy atom. The van der Waals surface area contributed by atoms with Crippen molar-refractivity contribution in [3.63, 3.8) is 0 Å². The van der Waals surface area contributed by atoms with E-state index in [0.717, 1.165) is 25.7 Å². The number of amides is 3. The lowest BCUT2D eigenvalue weighted by atomic mass is 9.85. The Balaban J connectivity index is 1.70. The highest BCUT2D eigenvalue weighted by Crippen LogP contribution is 2.45. The SMILES string of the molecule is C=C[C@@H]1C[C@]1(NC(=O)[C@@H]1CCCN1C(=O)[C@@H](NC(=O)OC1CCCC1)C(C)(C)C)C(=O)OC. The summed E-state index contributed by atoms with van der Waals surface area (Å²) < 4.78 is 10.4. The van der Waals surface area contributed by atoms with E-state index in [0.29, 0.717) is 25.8 Å². The molecule has 0 aromatic rings. The van der Waals surface area contributed by atoms with Crippen molar-refractivity contribution in [3.05, 3.63) is 12.7 Å². The highest BCUT2D eigenvalue weighted by molar-refractivity contribution is 5.96. The Kier molecular flexibility index (Phi) is 7.39. The number of methoxy groups -OCH3 is 1. The third-order valence-corrected chi connectivity index (χ3v) is 6.98. The zero-order valence-electron chi connectivity index (χ0n) is 20.1. The van der Waals surface area contributed by atoms with Gasteiger partial charge in [-0.2, -0.15) is 0 Å². The highest BCUT2D eigenvalue weighted by atomic mass is 16.6. The smallest absolute Gasteiger partial charge is 0.408 e. The first-order chi connectivity index (χ1) is 15.5. The van der Waals surface area contributed by atoms with E-state index >= 15 is 0 Å². The first-order valence-electron chi connectivity index (χ1n) is 11.8. The molecule has 2 N–H and O–H groups in total. The van der Waals surface area contributed by atoms with Crippen LogP contribution in [0.15, 0.2) is 12.7 Å². The van der Waals surface area contributed by atoms with E-state index in [4.69, 9.17) is 9.47 Å². The van der Waals surface area contributed by atoms with Crippen molar-refractivity contribution in [3.8, 4) is 0 Å². The molecule has 9 nitrogen and oxygen atoms in total. The first-order valence-corrected chi connectivity index (χ1v) is 11.8. The number of nitrogens with one attached hydrogen (secondary N) is 2. The molecule has 184 valence electrons. The summed E-state index contributed by atoms with van der Waals surface area (Å²) >= 11 is 0. The standard InChI is InChI=1S/C24H37N3O6/c1-6-15-14-24(15,21(30)32-5)26-19(28)17-12-9-13-27(17)20(29)18(23(2,3)4)25-22(31)33-16-10-7-8-11-16/h6,15-18H,1,7-14H2,2-5H3,(H,25,31)(H,26,28)/t15-,17+,18-,24-/m1/s1. The minimum absolute atomic E-state index is 0.114. The van der Waals surface area contributed by atoms with E-state index in [2.05, 4.69) is 17.2 Å². The number of rotatable bonds is 7. The van der Waals surface area contributed by atoms with Gasteiger partial charge in [0.1, 0.15) is 23.7 Å². The van der Waals surface area contributed by atoms with Crippen LogP contribution in [0.2, 0.25) is 0 Å². The lowest BCUT2D eigenvalue weighted by Crippen LogP contribution is -2.59. The summed E-state index contributed by atoms with van der Waals surface area (Å²) in [6.07, 6.45) is 6.21. The molecule has 1 aliphatic heterocycles. The van der Waals surface area contributed by atoms with Gasteiger partial charge in [0.25, 0.3) is 0 Å². The number of alkyl carbamates (subject to hydrolysis) is 1. The van der Waals surface area contributed by atoms with E-state index < -0.39 is 41.0 Å². The topological polar surface area (TPSA) is 114 Å². The Labute approximate surface area is 195 Å². The average Bonchev–Trinajstić information content (AvgIpc) is 3.12. The maximum atomic E-state index is 13.5. The van der Waals surface area contributed by atoms with Gasteiger partial charge in [0.15, 0.2) is 0 Å². The molecule has 0 unspecified atom stereocenters. The molecule has 2 saturated carbocycles. The molecule has 33 heavy (non-hydrogen) atoms. The number of ether oxygens (including phenoxy) is 2. The van der Waals surface area contributed by atoms with Crippen LogP contribution in [0, 0.1) is 11.3 Å². The maximum absolute atomic E-state index is 13.5. The third kappa shape index (κ3) is 5.33. The molecule has 0 aromatic heterocycles. The van der Waals surface area contributed by atoms with Crippen LogP contribution in [0.25, 0.3) is 0 Å². The van der Waals surface area contributed by atoms with Gasteiger partial charge in [-0.3, -0.25) is 9.59 Å². The van der Waals surface area contributed by atoms with Crippen molar-refractivity contribution >= 4 is 23.9 Å². The van der Waals surface area contributed by atoms with E-state index in [1.165, 1.54) is 12.0 Å². The summed E-state index contributed by atoms with van der Waals surface area (Å²) in [6, 6.07) is -1.57. The van der Waals surface area contributed by atoms with Gasteiger partial charge < -0.3 is 25.0 Å². The highest BCUT2D eigenvalue weighted by Gasteiger charge is 2.61. The zero-order valence-corrected chi connectivity index (χ0v) is 20.1. The predicted octanol–water partition coefficient (Wildman–Crippen LogP) is 2.29. The summed E-state index contributed by atoms with van der Waals surface area (Å²) in [6.45, 7) is 9.71. The molecule has 0 radical (unpaired) electrons. The van der Waals surface area contributed by atoms with Crippen LogP contribution in [0.1, 0.15) is 65.7 Å². The van der Waals surface area contributed by atoms with E-state index in [9.17, 15) is 19.2 Å². The Morgan fingerprint density at radius 3 is 2.33 bits per heavy atom. The second-order valence-corrected chi connectivity index (χ2v) is 10.4. The fourth-order valence-corrected chi connectivity index (χ4v) is 4.91. The van der Waals surface area contributed by atoms with Crippen molar-refractivity contribution in [1.29, 1.82) is 0 Å². The van der Waals surface area contributed by atoms with Gasteiger partial charge in [0.2, 0.25) is 11.8 Å². The predicted molar refractivity (Wildman–Crippen MR) is 121 cm³/mol. The Bertz CT molecular complexity index is 801. The molecule has 0 aromatic carbocycles. The molecule has 1 heterocycles. The zero-order chi connectivity index (χ0) is 24.4. The first kappa shape index (κ1) is 25.1. The molecule has 0 spiro atoms. The largest absolute Gasteiger partial charge is 0.467 e. The molecule has 3 amide bonds. The van der Waals surface area contributed by atoms with E-state index in [1.807, 2.05) is 20.8 Å². The average molecular weight is 464 g/mol. The maximum Gasteiger partial charge on any atom is 0.408 e. The van der Waals surface area contributed by atoms with Gasteiger partial charge in [0, 0.05) is 12.5 Å². The second-order valence-electron chi connectivity index (χ2n) is 10.4. The minimum Gasteiger partial charge on any atom is -0.467 e. The van der Waals surface area contributed by atoms with Crippen molar-refractivity contribution in [2.75, 3.05) is 13.7 Å². The number of carbonyl (C=O) groups excluding carboxylic acids is 4. The van der Waals surface area contributed by atoms with Crippen LogP contribution < -0.4 is 10.6 Å². The fraction of sp³-hybridized carbons (Fsp3) is 0.750. The molecule has 1 saturated heterocycles. The number of carbonyl (C=O) groups is 4. The minimum atomic E-state index is -1.11. The van der Waals surface area contributed by atoms with E-state index in [-0.39, 0.29) is 17.9 Å². The molecule has 0 bridgehead atoms. The molecule has 4 atom stereocenters.